The molecule has 0 heterocycles. The van der Waals surface area contributed by atoms with Gasteiger partial charge in [-0.15, -0.1) is 0 Å². The third-order valence-electron chi connectivity index (χ3n) is 6.76. The van der Waals surface area contributed by atoms with Crippen LogP contribution in [0, 0.1) is 0 Å². The van der Waals surface area contributed by atoms with E-state index < -0.39 is 0 Å². The van der Waals surface area contributed by atoms with Gasteiger partial charge in [0, 0.05) is 13.0 Å². The van der Waals surface area contributed by atoms with E-state index in [9.17, 15) is 9.59 Å². The van der Waals surface area contributed by atoms with E-state index in [-0.39, 0.29) is 37.6 Å². The van der Waals surface area contributed by atoms with Crippen LogP contribution in [0.2, 0.25) is 0 Å². The van der Waals surface area contributed by atoms with E-state index in [0.29, 0.717) is 6.42 Å². The maximum Gasteiger partial charge on any atom is 0.306 e. The zero-order valence-electron chi connectivity index (χ0n) is 23.4. The first-order chi connectivity index (χ1) is 17.1. The van der Waals surface area contributed by atoms with Gasteiger partial charge < -0.3 is 15.2 Å². The van der Waals surface area contributed by atoms with Crippen LogP contribution in [0.4, 0.5) is 0 Å². The molecule has 0 aliphatic rings. The Balaban J connectivity index is 3.99. The Morgan fingerprint density at radius 1 is 0.657 bits per heavy atom. The summed E-state index contributed by atoms with van der Waals surface area (Å²) in [5.41, 5.74) is 0. The quantitative estimate of drug-likeness (QED) is 0.0890. The summed E-state index contributed by atoms with van der Waals surface area (Å²) in [6, 6.07) is 0. The van der Waals surface area contributed by atoms with Crippen LogP contribution in [0.15, 0.2) is 0 Å². The van der Waals surface area contributed by atoms with Gasteiger partial charge in [0.25, 0.3) is 0 Å². The number of carbonyl (C=O) groups excluding carboxylic acids is 2. The summed E-state index contributed by atoms with van der Waals surface area (Å²) in [6.45, 7) is 4.67. The third-order valence-corrected chi connectivity index (χ3v) is 6.76. The molecular weight excluding hydrogens is 438 g/mol. The van der Waals surface area contributed by atoms with Gasteiger partial charge in [-0.3, -0.25) is 9.59 Å². The summed E-state index contributed by atoms with van der Waals surface area (Å²) < 4.78 is 5.70. The first-order valence-electron chi connectivity index (χ1n) is 15.2. The summed E-state index contributed by atoms with van der Waals surface area (Å²) in [5.74, 6) is -0.320. The van der Waals surface area contributed by atoms with Gasteiger partial charge in [-0.1, -0.05) is 129 Å². The number of aliphatic hydroxyl groups excluding tert-OH is 1. The van der Waals surface area contributed by atoms with Crippen molar-refractivity contribution in [2.45, 2.75) is 168 Å². The maximum atomic E-state index is 12.4. The predicted molar refractivity (Wildman–Crippen MR) is 148 cm³/mol. The molecule has 2 N–H and O–H groups in total. The molecule has 1 atom stereocenters. The lowest BCUT2D eigenvalue weighted by Gasteiger charge is -2.18. The molecule has 0 spiro atoms. The zero-order chi connectivity index (χ0) is 25.8. The predicted octanol–water partition coefficient (Wildman–Crippen LogP) is 8.02. The molecule has 0 radical (unpaired) electrons. The molecule has 208 valence electrons. The molecule has 0 aliphatic heterocycles. The molecule has 5 nitrogen and oxygen atoms in total. The SMILES string of the molecule is CCCCCCCCCCCCCC(=O)O[C@H](CCCCCCCCCCC)CC(=O)NCCO. The van der Waals surface area contributed by atoms with Crippen molar-refractivity contribution in [1.82, 2.24) is 5.32 Å². The van der Waals surface area contributed by atoms with Gasteiger partial charge in [-0.2, -0.15) is 0 Å². The van der Waals surface area contributed by atoms with E-state index in [4.69, 9.17) is 9.84 Å². The summed E-state index contributed by atoms with van der Waals surface area (Å²) >= 11 is 0. The Morgan fingerprint density at radius 2 is 1.09 bits per heavy atom. The van der Waals surface area contributed by atoms with Crippen molar-refractivity contribution in [3.63, 3.8) is 0 Å². The third kappa shape index (κ3) is 25.8. The Hall–Kier alpha value is -1.10. The number of aliphatic hydroxyl groups is 1. The molecule has 0 bridgehead atoms. The van der Waals surface area contributed by atoms with Crippen LogP contribution in [0.25, 0.3) is 0 Å². The summed E-state index contributed by atoms with van der Waals surface area (Å²) in [4.78, 5) is 24.5. The largest absolute Gasteiger partial charge is 0.462 e. The molecule has 0 unspecified atom stereocenters. The normalized spacial score (nSPS) is 12.0. The molecule has 0 saturated heterocycles. The van der Waals surface area contributed by atoms with Crippen LogP contribution in [0.1, 0.15) is 162 Å². The Labute approximate surface area is 217 Å². The minimum Gasteiger partial charge on any atom is -0.462 e. The number of unbranched alkanes of at least 4 members (excludes halogenated alkanes) is 18. The average Bonchev–Trinajstić information content (AvgIpc) is 2.84. The molecule has 1 amide bonds. The number of hydrogen-bond acceptors (Lipinski definition) is 4. The topological polar surface area (TPSA) is 75.6 Å². The number of ether oxygens (including phenoxy) is 1. The van der Waals surface area contributed by atoms with Crippen molar-refractivity contribution in [2.24, 2.45) is 0 Å². The second kappa shape index (κ2) is 27.5. The minimum atomic E-state index is -0.349. The molecule has 0 aliphatic carbocycles. The molecule has 35 heavy (non-hydrogen) atoms. The van der Waals surface area contributed by atoms with Gasteiger partial charge in [0.15, 0.2) is 0 Å². The van der Waals surface area contributed by atoms with Gasteiger partial charge in [-0.05, 0) is 19.3 Å². The summed E-state index contributed by atoms with van der Waals surface area (Å²) in [7, 11) is 0. The van der Waals surface area contributed by atoms with Crippen molar-refractivity contribution < 1.29 is 19.4 Å². The van der Waals surface area contributed by atoms with Crippen LogP contribution in [-0.2, 0) is 14.3 Å². The fraction of sp³-hybridized carbons (Fsp3) is 0.933. The number of carbonyl (C=O) groups is 2. The average molecular weight is 498 g/mol. The molecule has 0 aromatic carbocycles. The van der Waals surface area contributed by atoms with Gasteiger partial charge in [0.1, 0.15) is 6.10 Å². The van der Waals surface area contributed by atoms with Crippen LogP contribution in [0.3, 0.4) is 0 Å². The molecule has 0 aromatic rings. The second-order valence-electron chi connectivity index (χ2n) is 10.3. The fourth-order valence-corrected chi connectivity index (χ4v) is 4.54. The van der Waals surface area contributed by atoms with E-state index >= 15 is 0 Å². The minimum absolute atomic E-state index is 0.0761. The van der Waals surface area contributed by atoms with Crippen molar-refractivity contribution in [1.29, 1.82) is 0 Å². The highest BCUT2D eigenvalue weighted by Gasteiger charge is 2.18. The van der Waals surface area contributed by atoms with Crippen molar-refractivity contribution >= 4 is 11.9 Å². The zero-order valence-corrected chi connectivity index (χ0v) is 23.4. The maximum absolute atomic E-state index is 12.4. The summed E-state index contributed by atoms with van der Waals surface area (Å²) in [6.07, 6.45) is 26.0. The second-order valence-corrected chi connectivity index (χ2v) is 10.3. The number of nitrogens with one attached hydrogen (secondary N) is 1. The summed E-state index contributed by atoms with van der Waals surface area (Å²) in [5, 5.41) is 11.6. The van der Waals surface area contributed by atoms with E-state index in [0.717, 1.165) is 32.1 Å². The molecule has 5 heteroatoms. The van der Waals surface area contributed by atoms with Crippen molar-refractivity contribution in [3.05, 3.63) is 0 Å². The Morgan fingerprint density at radius 3 is 1.54 bits per heavy atom. The van der Waals surface area contributed by atoms with Gasteiger partial charge in [0.2, 0.25) is 5.91 Å². The van der Waals surface area contributed by atoms with Gasteiger partial charge in [0.05, 0.1) is 13.0 Å². The van der Waals surface area contributed by atoms with E-state index in [1.165, 1.54) is 103 Å². The number of amides is 1. The van der Waals surface area contributed by atoms with Crippen LogP contribution in [0.5, 0.6) is 0 Å². The lowest BCUT2D eigenvalue weighted by atomic mass is 10.0. The van der Waals surface area contributed by atoms with E-state index in [1.807, 2.05) is 0 Å². The molecule has 0 rings (SSSR count). The van der Waals surface area contributed by atoms with Gasteiger partial charge >= 0.3 is 5.97 Å². The lowest BCUT2D eigenvalue weighted by Crippen LogP contribution is -2.31. The van der Waals surface area contributed by atoms with Gasteiger partial charge in [-0.25, -0.2) is 0 Å². The molecular formula is C30H59NO4. The van der Waals surface area contributed by atoms with Crippen molar-refractivity contribution in [2.75, 3.05) is 13.2 Å². The Kier molecular flexibility index (Phi) is 26.6. The first kappa shape index (κ1) is 33.9. The number of hydrogen-bond donors (Lipinski definition) is 2. The number of rotatable bonds is 27. The van der Waals surface area contributed by atoms with Crippen LogP contribution >= 0.6 is 0 Å². The highest BCUT2D eigenvalue weighted by atomic mass is 16.5. The highest BCUT2D eigenvalue weighted by molar-refractivity contribution is 5.77. The fourth-order valence-electron chi connectivity index (χ4n) is 4.54. The lowest BCUT2D eigenvalue weighted by molar-refractivity contribution is -0.151. The monoisotopic (exact) mass is 497 g/mol. The standard InChI is InChI=1S/C30H59NO4/c1-3-5-7-9-11-13-14-16-18-20-22-24-30(34)35-28(27-29(33)31-25-26-32)23-21-19-17-15-12-10-8-6-4-2/h28,32H,3-27H2,1-2H3,(H,31,33)/t28-/m1/s1. The molecule has 0 fully saturated rings. The van der Waals surface area contributed by atoms with E-state index in [2.05, 4.69) is 19.2 Å². The van der Waals surface area contributed by atoms with E-state index in [1.54, 1.807) is 0 Å². The number of esters is 1. The van der Waals surface area contributed by atoms with Crippen LogP contribution in [-0.4, -0.2) is 36.2 Å². The molecule has 0 aromatic heterocycles. The first-order valence-corrected chi connectivity index (χ1v) is 15.2. The van der Waals surface area contributed by atoms with Crippen LogP contribution < -0.4 is 5.32 Å². The van der Waals surface area contributed by atoms with Crippen molar-refractivity contribution in [3.8, 4) is 0 Å². The smallest absolute Gasteiger partial charge is 0.306 e. The highest BCUT2D eigenvalue weighted by Crippen LogP contribution is 2.16. The molecule has 0 saturated carbocycles. The Bertz CT molecular complexity index is 469.